The minimum Gasteiger partial charge on any atom is -0.478 e. The van der Waals surface area contributed by atoms with Gasteiger partial charge in [0.1, 0.15) is 0 Å². The molecular weight excluding hydrogens is 262 g/mol. The highest BCUT2D eigenvalue weighted by Gasteiger charge is 2.13. The van der Waals surface area contributed by atoms with Crippen molar-refractivity contribution in [1.82, 2.24) is 5.32 Å². The van der Waals surface area contributed by atoms with E-state index in [9.17, 15) is 13.6 Å². The number of hydrogen-bond donors (Lipinski definition) is 2. The monoisotopic (exact) mass is 276 g/mol. The topological polar surface area (TPSA) is 64.3 Å². The number of amides is 1. The molecule has 0 heterocycles. The molecule has 0 aliphatic rings. The van der Waals surface area contributed by atoms with E-state index in [4.69, 9.17) is 5.73 Å². The summed E-state index contributed by atoms with van der Waals surface area (Å²) in [7, 11) is 1.79. The lowest BCUT2D eigenvalue weighted by atomic mass is 10.3. The quantitative estimate of drug-likeness (QED) is 0.579. The van der Waals surface area contributed by atoms with Gasteiger partial charge in [-0.05, 0) is 19.2 Å². The van der Waals surface area contributed by atoms with E-state index in [1.54, 1.807) is 7.05 Å². The summed E-state index contributed by atoms with van der Waals surface area (Å²) < 4.78 is 31.7. The molecule has 0 atom stereocenters. The Balaban J connectivity index is 2.74. The summed E-state index contributed by atoms with van der Waals surface area (Å²) in [4.78, 5) is 10.9. The molecule has 18 heavy (non-hydrogen) atoms. The average Bonchev–Trinajstić information content (AvgIpc) is 2.28. The fraction of sp³-hybridized carbons (Fsp3) is 0.364. The first-order chi connectivity index (χ1) is 8.54. The number of thioether (sulfide) groups is 1. The minimum absolute atomic E-state index is 0.465. The fourth-order valence-corrected chi connectivity index (χ4v) is 2.09. The summed E-state index contributed by atoms with van der Waals surface area (Å²) in [6.07, 6.45) is 0. The molecule has 0 aromatic heterocycles. The third-order valence-electron chi connectivity index (χ3n) is 1.95. The van der Waals surface area contributed by atoms with Crippen LogP contribution in [-0.2, 0) is 4.79 Å². The van der Waals surface area contributed by atoms with Crippen LogP contribution >= 0.6 is 11.8 Å². The molecule has 100 valence electrons. The van der Waals surface area contributed by atoms with E-state index in [0.29, 0.717) is 10.6 Å². The third-order valence-corrected chi connectivity index (χ3v) is 2.93. The predicted octanol–water partition coefficient (Wildman–Crippen LogP) is 1.14. The second-order valence-electron chi connectivity index (χ2n) is 3.42. The largest absolute Gasteiger partial charge is 0.478 e. The Labute approximate surface area is 108 Å². The number of halogens is 2. The van der Waals surface area contributed by atoms with Gasteiger partial charge in [-0.2, -0.15) is 0 Å². The number of nitrogens with one attached hydrogen (secondary N) is 1. The van der Waals surface area contributed by atoms with Gasteiger partial charge in [-0.3, -0.25) is 4.79 Å². The van der Waals surface area contributed by atoms with E-state index >= 15 is 0 Å². The third kappa shape index (κ3) is 4.50. The Kier molecular flexibility index (Phi) is 5.87. The van der Waals surface area contributed by atoms with Gasteiger partial charge < -0.3 is 15.8 Å². The second-order valence-corrected chi connectivity index (χ2v) is 4.59. The number of nitrogens with two attached hydrogens (primary N) is 1. The number of ether oxygens (including phenoxy) is 1. The molecule has 0 saturated carbocycles. The molecule has 4 nitrogen and oxygen atoms in total. The van der Waals surface area contributed by atoms with E-state index in [2.05, 4.69) is 10.1 Å². The van der Waals surface area contributed by atoms with Crippen LogP contribution in [0.4, 0.5) is 8.78 Å². The van der Waals surface area contributed by atoms with Gasteiger partial charge >= 0.3 is 0 Å². The van der Waals surface area contributed by atoms with Gasteiger partial charge in [-0.15, -0.1) is 11.8 Å². The van der Waals surface area contributed by atoms with Crippen molar-refractivity contribution in [2.24, 2.45) is 5.73 Å². The molecule has 0 aliphatic heterocycles. The molecule has 0 saturated heterocycles. The van der Waals surface area contributed by atoms with E-state index < -0.39 is 29.9 Å². The normalized spacial score (nSPS) is 10.4. The summed E-state index contributed by atoms with van der Waals surface area (Å²) in [5, 5.41) is 2.93. The maximum Gasteiger partial charge on any atom is 0.255 e. The highest BCUT2D eigenvalue weighted by atomic mass is 32.2. The zero-order chi connectivity index (χ0) is 13.5. The van der Waals surface area contributed by atoms with Crippen molar-refractivity contribution in [1.29, 1.82) is 0 Å². The zero-order valence-corrected chi connectivity index (χ0v) is 10.7. The highest BCUT2D eigenvalue weighted by molar-refractivity contribution is 7.99. The smallest absolute Gasteiger partial charge is 0.255 e. The lowest BCUT2D eigenvalue weighted by molar-refractivity contribution is -0.120. The van der Waals surface area contributed by atoms with Crippen LogP contribution in [0.15, 0.2) is 17.0 Å². The van der Waals surface area contributed by atoms with Crippen LogP contribution in [0.5, 0.6) is 5.75 Å². The van der Waals surface area contributed by atoms with Gasteiger partial charge in [-0.25, -0.2) is 8.78 Å². The highest BCUT2D eigenvalue weighted by Crippen LogP contribution is 2.28. The van der Waals surface area contributed by atoms with Crippen LogP contribution in [0.1, 0.15) is 0 Å². The lowest BCUT2D eigenvalue weighted by Gasteiger charge is -2.08. The summed E-state index contributed by atoms with van der Waals surface area (Å²) in [6, 6.07) is 2.33. The van der Waals surface area contributed by atoms with Crippen LogP contribution in [-0.4, -0.2) is 31.9 Å². The van der Waals surface area contributed by atoms with Crippen LogP contribution in [0.3, 0.4) is 0 Å². The maximum absolute atomic E-state index is 13.5. The second kappa shape index (κ2) is 7.17. The molecule has 0 spiro atoms. The van der Waals surface area contributed by atoms with E-state index in [1.807, 2.05) is 0 Å². The minimum atomic E-state index is -0.844. The Morgan fingerprint density at radius 2 is 2.06 bits per heavy atom. The Bertz CT molecular complexity index is 406. The average molecular weight is 276 g/mol. The van der Waals surface area contributed by atoms with Crippen molar-refractivity contribution in [3.05, 3.63) is 23.8 Å². The van der Waals surface area contributed by atoms with Crippen molar-refractivity contribution in [2.45, 2.75) is 4.90 Å². The van der Waals surface area contributed by atoms with Gasteiger partial charge in [-0.1, -0.05) is 0 Å². The van der Waals surface area contributed by atoms with Crippen LogP contribution in [0.25, 0.3) is 0 Å². The number of hydrogen-bond acceptors (Lipinski definition) is 4. The molecule has 0 radical (unpaired) electrons. The molecule has 0 bridgehead atoms. The molecule has 1 amide bonds. The molecular formula is C11H14F2N2O2S. The van der Waals surface area contributed by atoms with Gasteiger partial charge in [0.2, 0.25) is 0 Å². The summed E-state index contributed by atoms with van der Waals surface area (Å²) in [6.45, 7) is 0.175. The molecule has 1 aromatic rings. The Hall–Kier alpha value is -1.34. The molecule has 0 fully saturated rings. The number of rotatable bonds is 7. The van der Waals surface area contributed by atoms with E-state index in [1.165, 1.54) is 23.9 Å². The number of carbonyl (C=O) groups is 1. The summed E-state index contributed by atoms with van der Waals surface area (Å²) >= 11 is 1.32. The van der Waals surface area contributed by atoms with Crippen LogP contribution in [0.2, 0.25) is 0 Å². The first kappa shape index (κ1) is 14.7. The molecule has 3 N–H and O–H groups in total. The van der Waals surface area contributed by atoms with Gasteiger partial charge in [0, 0.05) is 17.2 Å². The maximum atomic E-state index is 13.5. The first-order valence-corrected chi connectivity index (χ1v) is 6.20. The van der Waals surface area contributed by atoms with E-state index in [-0.39, 0.29) is 0 Å². The van der Waals surface area contributed by atoms with Crippen LogP contribution < -0.4 is 15.8 Å². The molecule has 1 rings (SSSR count). The number of benzene rings is 1. The summed E-state index contributed by atoms with van der Waals surface area (Å²) in [5.74, 6) is -2.36. The molecule has 0 aliphatic carbocycles. The number of primary amides is 1. The fourth-order valence-electron chi connectivity index (χ4n) is 1.17. The molecule has 1 aromatic carbocycles. The van der Waals surface area contributed by atoms with Crippen molar-refractivity contribution >= 4 is 17.7 Å². The predicted molar refractivity (Wildman–Crippen MR) is 65.7 cm³/mol. The zero-order valence-electron chi connectivity index (χ0n) is 9.83. The molecule has 0 unspecified atom stereocenters. The van der Waals surface area contributed by atoms with E-state index in [0.717, 1.165) is 6.54 Å². The van der Waals surface area contributed by atoms with Crippen molar-refractivity contribution in [3.8, 4) is 5.75 Å². The van der Waals surface area contributed by atoms with Crippen molar-refractivity contribution in [2.75, 3.05) is 26.0 Å². The molecule has 7 heteroatoms. The lowest BCUT2D eigenvalue weighted by Crippen LogP contribution is -2.20. The van der Waals surface area contributed by atoms with Gasteiger partial charge in [0.25, 0.3) is 5.91 Å². The van der Waals surface area contributed by atoms with Crippen LogP contribution in [0, 0.1) is 11.6 Å². The standard InChI is InChI=1S/C11H14F2N2O2S/c1-15-2-3-18-7-4-8(12)11(9(13)5-7)17-6-10(14)16/h4-5,15H,2-3,6H2,1H3,(H2,14,16). The van der Waals surface area contributed by atoms with Crippen molar-refractivity contribution < 1.29 is 18.3 Å². The number of carbonyl (C=O) groups excluding carboxylic acids is 1. The Morgan fingerprint density at radius 1 is 1.44 bits per heavy atom. The Morgan fingerprint density at radius 3 is 2.56 bits per heavy atom. The first-order valence-electron chi connectivity index (χ1n) is 5.22. The summed E-state index contributed by atoms with van der Waals surface area (Å²) in [5.41, 5.74) is 4.83. The van der Waals surface area contributed by atoms with Gasteiger partial charge in [0.15, 0.2) is 24.0 Å². The van der Waals surface area contributed by atoms with Crippen molar-refractivity contribution in [3.63, 3.8) is 0 Å². The SMILES string of the molecule is CNCCSc1cc(F)c(OCC(N)=O)c(F)c1. The van der Waals surface area contributed by atoms with Gasteiger partial charge in [0.05, 0.1) is 0 Å².